The van der Waals surface area contributed by atoms with Crippen molar-refractivity contribution in [3.05, 3.63) is 59.5 Å². The van der Waals surface area contributed by atoms with E-state index in [9.17, 15) is 18.0 Å². The van der Waals surface area contributed by atoms with Crippen LogP contribution in [0.1, 0.15) is 42.3 Å². The fourth-order valence-electron chi connectivity index (χ4n) is 3.92. The molecule has 0 aliphatic carbocycles. The first-order valence-corrected chi connectivity index (χ1v) is 10.2. The number of ether oxygens (including phenoxy) is 2. The molecule has 2 atom stereocenters. The first-order valence-electron chi connectivity index (χ1n) is 10.2. The summed E-state index contributed by atoms with van der Waals surface area (Å²) < 4.78 is 54.9. The van der Waals surface area contributed by atoms with Crippen LogP contribution >= 0.6 is 0 Å². The fourth-order valence-corrected chi connectivity index (χ4v) is 3.92. The van der Waals surface area contributed by atoms with Crippen LogP contribution in [0.15, 0.2) is 47.0 Å². The normalized spacial score (nSPS) is 17.3. The van der Waals surface area contributed by atoms with Gasteiger partial charge in [0.15, 0.2) is 11.5 Å². The monoisotopic (exact) mass is 461 g/mol. The molecule has 33 heavy (non-hydrogen) atoms. The van der Waals surface area contributed by atoms with Crippen molar-refractivity contribution < 1.29 is 32.0 Å². The Morgan fingerprint density at radius 3 is 2.58 bits per heavy atom. The number of hydrogen-bond donors (Lipinski definition) is 0. The second-order valence-corrected chi connectivity index (χ2v) is 7.77. The smallest absolute Gasteiger partial charge is 0.416 e. The largest absolute Gasteiger partial charge is 0.493 e. The summed E-state index contributed by atoms with van der Waals surface area (Å²) in [6.45, 7) is 2.25. The molecule has 2 unspecified atom stereocenters. The number of rotatable bonds is 6. The van der Waals surface area contributed by atoms with Crippen LogP contribution in [0, 0.1) is 0 Å². The summed E-state index contributed by atoms with van der Waals surface area (Å²) in [5, 5.41) is 3.84. The van der Waals surface area contributed by atoms with E-state index in [1.54, 1.807) is 25.2 Å². The molecular weight excluding hydrogens is 439 g/mol. The Kier molecular flexibility index (Phi) is 6.01. The maximum atomic E-state index is 13.0. The third-order valence-electron chi connectivity index (χ3n) is 5.76. The van der Waals surface area contributed by atoms with Gasteiger partial charge in [-0.25, -0.2) is 0 Å². The van der Waals surface area contributed by atoms with Crippen LogP contribution in [0.4, 0.5) is 13.2 Å². The van der Waals surface area contributed by atoms with E-state index in [0.717, 1.165) is 17.7 Å². The number of methoxy groups -OCH3 is 2. The number of carbonyl (C=O) groups is 1. The van der Waals surface area contributed by atoms with Crippen LogP contribution in [0.2, 0.25) is 0 Å². The molecule has 0 spiro atoms. The van der Waals surface area contributed by atoms with Gasteiger partial charge in [0.25, 0.3) is 0 Å². The summed E-state index contributed by atoms with van der Waals surface area (Å²) >= 11 is 0. The van der Waals surface area contributed by atoms with Gasteiger partial charge in [-0.05, 0) is 36.8 Å². The van der Waals surface area contributed by atoms with Crippen molar-refractivity contribution >= 4 is 5.91 Å². The summed E-state index contributed by atoms with van der Waals surface area (Å²) in [6, 6.07) is 9.95. The SMILES string of the molecule is COc1ccc(C(C)N2CC(c3nc(-c4cccc(C(F)(F)F)c4)no3)CC2=O)cc1OC. The Labute approximate surface area is 188 Å². The number of hydrogen-bond acceptors (Lipinski definition) is 6. The van der Waals surface area contributed by atoms with E-state index in [4.69, 9.17) is 14.0 Å². The van der Waals surface area contributed by atoms with Crippen molar-refractivity contribution in [2.24, 2.45) is 0 Å². The van der Waals surface area contributed by atoms with Crippen LogP contribution in [-0.2, 0) is 11.0 Å². The van der Waals surface area contributed by atoms with E-state index in [2.05, 4.69) is 10.1 Å². The molecule has 1 aromatic heterocycles. The van der Waals surface area contributed by atoms with Crippen molar-refractivity contribution in [1.29, 1.82) is 0 Å². The first kappa shape index (κ1) is 22.6. The molecule has 1 aliphatic rings. The maximum Gasteiger partial charge on any atom is 0.416 e. The fraction of sp³-hybridized carbons (Fsp3) is 0.348. The van der Waals surface area contributed by atoms with E-state index in [1.807, 2.05) is 19.1 Å². The van der Waals surface area contributed by atoms with Crippen LogP contribution in [0.5, 0.6) is 11.5 Å². The van der Waals surface area contributed by atoms with Gasteiger partial charge in [-0.3, -0.25) is 4.79 Å². The quantitative estimate of drug-likeness (QED) is 0.522. The molecule has 10 heteroatoms. The highest BCUT2D eigenvalue weighted by molar-refractivity contribution is 5.80. The number of nitrogens with zero attached hydrogens (tertiary/aromatic N) is 3. The lowest BCUT2D eigenvalue weighted by Crippen LogP contribution is -2.28. The van der Waals surface area contributed by atoms with E-state index >= 15 is 0 Å². The summed E-state index contributed by atoms with van der Waals surface area (Å²) in [7, 11) is 3.09. The van der Waals surface area contributed by atoms with Crippen molar-refractivity contribution in [1.82, 2.24) is 15.0 Å². The lowest BCUT2D eigenvalue weighted by molar-refractivity contribution is -0.137. The number of alkyl halides is 3. The highest BCUT2D eigenvalue weighted by Crippen LogP contribution is 2.37. The van der Waals surface area contributed by atoms with Gasteiger partial charge in [0.1, 0.15) is 0 Å². The molecule has 7 nitrogen and oxygen atoms in total. The second-order valence-electron chi connectivity index (χ2n) is 7.77. The summed E-state index contributed by atoms with van der Waals surface area (Å²) in [5.41, 5.74) is 0.272. The van der Waals surface area contributed by atoms with Gasteiger partial charge in [-0.1, -0.05) is 23.4 Å². The minimum atomic E-state index is -4.47. The topological polar surface area (TPSA) is 77.7 Å². The molecule has 3 aromatic rings. The Bertz CT molecular complexity index is 1160. The zero-order valence-corrected chi connectivity index (χ0v) is 18.2. The molecule has 0 radical (unpaired) electrons. The van der Waals surface area contributed by atoms with Gasteiger partial charge in [0.05, 0.1) is 31.7 Å². The minimum absolute atomic E-state index is 0.0509. The van der Waals surface area contributed by atoms with Gasteiger partial charge in [0.2, 0.25) is 17.6 Å². The number of amides is 1. The lowest BCUT2D eigenvalue weighted by atomic mass is 10.1. The van der Waals surface area contributed by atoms with E-state index in [0.29, 0.717) is 18.0 Å². The Hall–Kier alpha value is -3.56. The van der Waals surface area contributed by atoms with E-state index in [1.165, 1.54) is 12.1 Å². The third-order valence-corrected chi connectivity index (χ3v) is 5.76. The van der Waals surface area contributed by atoms with Crippen molar-refractivity contribution in [3.63, 3.8) is 0 Å². The molecule has 1 saturated heterocycles. The number of halogens is 3. The molecule has 4 rings (SSSR count). The van der Waals surface area contributed by atoms with Crippen LogP contribution in [0.25, 0.3) is 11.4 Å². The maximum absolute atomic E-state index is 13.0. The molecule has 0 bridgehead atoms. The Morgan fingerprint density at radius 2 is 1.88 bits per heavy atom. The van der Waals surface area contributed by atoms with Gasteiger partial charge in [-0.15, -0.1) is 0 Å². The summed E-state index contributed by atoms with van der Waals surface area (Å²) in [5.74, 6) is 0.987. The Balaban J connectivity index is 1.52. The predicted molar refractivity (Wildman–Crippen MR) is 112 cm³/mol. The number of benzene rings is 2. The van der Waals surface area contributed by atoms with E-state index < -0.39 is 11.7 Å². The average Bonchev–Trinajstić information content (AvgIpc) is 3.44. The molecular formula is C23H22F3N3O4. The number of carbonyl (C=O) groups excluding carboxylic acids is 1. The van der Waals surface area contributed by atoms with Crippen molar-refractivity contribution in [2.45, 2.75) is 31.5 Å². The van der Waals surface area contributed by atoms with Crippen molar-refractivity contribution in [2.75, 3.05) is 20.8 Å². The molecule has 1 fully saturated rings. The Morgan fingerprint density at radius 1 is 1.12 bits per heavy atom. The van der Waals surface area contributed by atoms with Gasteiger partial charge < -0.3 is 18.9 Å². The van der Waals surface area contributed by atoms with Crippen molar-refractivity contribution in [3.8, 4) is 22.9 Å². The van der Waals surface area contributed by atoms with Gasteiger partial charge in [-0.2, -0.15) is 18.2 Å². The highest BCUT2D eigenvalue weighted by Gasteiger charge is 2.37. The molecule has 1 aliphatic heterocycles. The van der Waals surface area contributed by atoms with Crippen LogP contribution in [-0.4, -0.2) is 41.7 Å². The minimum Gasteiger partial charge on any atom is -0.493 e. The summed E-state index contributed by atoms with van der Waals surface area (Å²) in [6.07, 6.45) is -4.30. The van der Waals surface area contributed by atoms with Gasteiger partial charge >= 0.3 is 6.18 Å². The molecule has 2 heterocycles. The summed E-state index contributed by atoms with van der Waals surface area (Å²) in [4.78, 5) is 18.7. The van der Waals surface area contributed by atoms with Gasteiger partial charge in [0, 0.05) is 18.5 Å². The highest BCUT2D eigenvalue weighted by atomic mass is 19.4. The molecule has 0 saturated carbocycles. The molecule has 0 N–H and O–H groups in total. The molecule has 2 aromatic carbocycles. The average molecular weight is 461 g/mol. The first-order chi connectivity index (χ1) is 15.7. The molecule has 174 valence electrons. The lowest BCUT2D eigenvalue weighted by Gasteiger charge is -2.25. The zero-order valence-electron chi connectivity index (χ0n) is 18.2. The predicted octanol–water partition coefficient (Wildman–Crippen LogP) is 4.85. The number of aromatic nitrogens is 2. The number of likely N-dealkylation sites (tertiary alicyclic amines) is 1. The standard InChI is InChI=1S/C23H22F3N3O4/c1-13(14-7-8-18(31-2)19(10-14)32-3)29-12-16(11-20(29)30)22-27-21(28-33-22)15-5-4-6-17(9-15)23(24,25)26/h4-10,13,16H,11-12H2,1-3H3. The molecule has 1 amide bonds. The third kappa shape index (κ3) is 4.50. The van der Waals surface area contributed by atoms with E-state index in [-0.39, 0.29) is 41.6 Å². The second kappa shape index (κ2) is 8.76. The van der Waals surface area contributed by atoms with Crippen LogP contribution < -0.4 is 9.47 Å². The zero-order chi connectivity index (χ0) is 23.8. The van der Waals surface area contributed by atoms with Crippen LogP contribution in [0.3, 0.4) is 0 Å².